The first-order chi connectivity index (χ1) is 14.2. The molecule has 2 aliphatic rings. The molecule has 0 radical (unpaired) electrons. The molecule has 0 bridgehead atoms. The molecule has 1 amide bonds. The van der Waals surface area contributed by atoms with Crippen molar-refractivity contribution in [3.05, 3.63) is 66.4 Å². The lowest BCUT2D eigenvalue weighted by atomic mass is 10.1. The van der Waals surface area contributed by atoms with Gasteiger partial charge in [-0.25, -0.2) is 0 Å². The second-order valence-corrected chi connectivity index (χ2v) is 7.57. The third-order valence-electron chi connectivity index (χ3n) is 5.61. The highest BCUT2D eigenvalue weighted by Gasteiger charge is 2.61. The summed E-state index contributed by atoms with van der Waals surface area (Å²) in [5.41, 5.74) is 1.55. The van der Waals surface area contributed by atoms with E-state index in [4.69, 9.17) is 10.00 Å². The van der Waals surface area contributed by atoms with Crippen molar-refractivity contribution in [1.82, 2.24) is 20.4 Å². The summed E-state index contributed by atoms with van der Waals surface area (Å²) in [6.07, 6.45) is 3.08. The number of aromatic nitrogens is 2. The lowest BCUT2D eigenvalue weighted by Crippen LogP contribution is -2.41. The molecule has 2 N–H and O–H groups in total. The number of carbonyl (C=O) groups excluding carboxylic acids is 1. The van der Waals surface area contributed by atoms with E-state index in [1.54, 1.807) is 11.0 Å². The summed E-state index contributed by atoms with van der Waals surface area (Å²) in [6.45, 7) is 1.30. The maximum absolute atomic E-state index is 12.7. The van der Waals surface area contributed by atoms with E-state index in [0.29, 0.717) is 29.6 Å². The number of para-hydroxylation sites is 2. The number of piperidine rings is 1. The van der Waals surface area contributed by atoms with Crippen molar-refractivity contribution in [2.75, 3.05) is 13.1 Å². The number of ether oxygens (including phenoxy) is 1. The molecule has 2 aromatic carbocycles. The van der Waals surface area contributed by atoms with Crippen LogP contribution in [0.4, 0.5) is 0 Å². The smallest absolute Gasteiger partial charge is 0.269 e. The Labute approximate surface area is 167 Å². The van der Waals surface area contributed by atoms with Gasteiger partial charge in [0, 0.05) is 18.0 Å². The Hall–Kier alpha value is -3.79. The van der Waals surface area contributed by atoms with Gasteiger partial charge in [-0.2, -0.15) is 10.4 Å². The number of aromatic amines is 1. The topological polar surface area (TPSA) is 94.0 Å². The molecule has 7 heteroatoms. The van der Waals surface area contributed by atoms with Crippen molar-refractivity contribution in [2.45, 2.75) is 12.0 Å². The molecule has 1 unspecified atom stereocenters. The molecule has 144 valence electrons. The lowest BCUT2D eigenvalue weighted by Gasteiger charge is -2.16. The van der Waals surface area contributed by atoms with Crippen LogP contribution in [-0.4, -0.2) is 39.6 Å². The van der Waals surface area contributed by atoms with Gasteiger partial charge in [-0.05, 0) is 36.8 Å². The van der Waals surface area contributed by atoms with Gasteiger partial charge in [0.25, 0.3) is 5.91 Å². The van der Waals surface area contributed by atoms with Crippen molar-refractivity contribution in [2.24, 2.45) is 5.92 Å². The van der Waals surface area contributed by atoms with Crippen LogP contribution < -0.4 is 10.1 Å². The van der Waals surface area contributed by atoms with Crippen LogP contribution in [0.15, 0.2) is 60.7 Å². The summed E-state index contributed by atoms with van der Waals surface area (Å²) >= 11 is 0. The number of carbonyl (C=O) groups is 1. The first kappa shape index (κ1) is 17.3. The van der Waals surface area contributed by atoms with Gasteiger partial charge in [0.05, 0.1) is 17.8 Å². The molecule has 0 spiro atoms. The van der Waals surface area contributed by atoms with Crippen molar-refractivity contribution in [3.63, 3.8) is 0 Å². The standard InChI is InChI=1S/C22H19N5O2/c23-14-27-12-15-11-22(15,13-27)24-21(28)19-10-18(25-26-19)17-8-4-5-9-20(17)29-16-6-2-1-3-7-16/h1-10,15H,11-13H2,(H,24,28)(H,25,26)/t15?,22-/m0/s1. The third-order valence-corrected chi connectivity index (χ3v) is 5.61. The summed E-state index contributed by atoms with van der Waals surface area (Å²) in [6, 6.07) is 18.9. The van der Waals surface area contributed by atoms with Crippen LogP contribution in [0.3, 0.4) is 0 Å². The number of amides is 1. The Balaban J connectivity index is 1.35. The predicted octanol–water partition coefficient (Wildman–Crippen LogP) is 3.15. The molecule has 2 heterocycles. The highest BCUT2D eigenvalue weighted by Crippen LogP contribution is 2.49. The van der Waals surface area contributed by atoms with E-state index >= 15 is 0 Å². The molecule has 29 heavy (non-hydrogen) atoms. The number of nitrogens with one attached hydrogen (secondary N) is 2. The Morgan fingerprint density at radius 2 is 2.03 bits per heavy atom. The first-order valence-electron chi connectivity index (χ1n) is 9.52. The number of H-pyrrole nitrogens is 1. The molecule has 1 saturated carbocycles. The van der Waals surface area contributed by atoms with Gasteiger partial charge >= 0.3 is 0 Å². The number of hydrogen-bond donors (Lipinski definition) is 2. The molecule has 2 atom stereocenters. The second kappa shape index (κ2) is 6.67. The van der Waals surface area contributed by atoms with Gasteiger partial charge in [-0.3, -0.25) is 9.89 Å². The van der Waals surface area contributed by atoms with Gasteiger partial charge in [0.15, 0.2) is 6.19 Å². The summed E-state index contributed by atoms with van der Waals surface area (Å²) in [5.74, 6) is 1.55. The van der Waals surface area contributed by atoms with E-state index in [2.05, 4.69) is 21.7 Å². The molecule has 2 fully saturated rings. The van der Waals surface area contributed by atoms with E-state index in [9.17, 15) is 4.79 Å². The van der Waals surface area contributed by atoms with Crippen molar-refractivity contribution in [1.29, 1.82) is 5.26 Å². The Kier molecular flexibility index (Phi) is 3.98. The molecular weight excluding hydrogens is 366 g/mol. The minimum absolute atomic E-state index is 0.201. The minimum atomic E-state index is -0.271. The molecule has 1 aliphatic carbocycles. The van der Waals surface area contributed by atoms with E-state index in [1.807, 2.05) is 54.6 Å². The monoisotopic (exact) mass is 385 g/mol. The van der Waals surface area contributed by atoms with Crippen molar-refractivity contribution < 1.29 is 9.53 Å². The summed E-state index contributed by atoms with van der Waals surface area (Å²) in [5, 5.41) is 19.3. The molecule has 1 aliphatic heterocycles. The summed E-state index contributed by atoms with van der Waals surface area (Å²) < 4.78 is 6.00. The highest BCUT2D eigenvalue weighted by molar-refractivity contribution is 5.94. The molecule has 1 aromatic heterocycles. The zero-order chi connectivity index (χ0) is 19.8. The van der Waals surface area contributed by atoms with E-state index in [-0.39, 0.29) is 11.4 Å². The fourth-order valence-corrected chi connectivity index (χ4v) is 4.01. The summed E-state index contributed by atoms with van der Waals surface area (Å²) in [4.78, 5) is 14.4. The molecular formula is C22H19N5O2. The van der Waals surface area contributed by atoms with Crippen LogP contribution in [0.1, 0.15) is 16.9 Å². The van der Waals surface area contributed by atoms with Gasteiger partial charge in [-0.15, -0.1) is 0 Å². The van der Waals surface area contributed by atoms with E-state index < -0.39 is 0 Å². The van der Waals surface area contributed by atoms with Crippen molar-refractivity contribution in [3.8, 4) is 28.9 Å². The van der Waals surface area contributed by atoms with Crippen LogP contribution in [-0.2, 0) is 0 Å². The van der Waals surface area contributed by atoms with Crippen LogP contribution in [0.25, 0.3) is 11.3 Å². The Bertz CT molecular complexity index is 1100. The first-order valence-corrected chi connectivity index (χ1v) is 9.52. The highest BCUT2D eigenvalue weighted by atomic mass is 16.5. The minimum Gasteiger partial charge on any atom is -0.457 e. The normalized spacial score (nSPS) is 21.9. The SMILES string of the molecule is N#CN1CC2C[C@]2(NC(=O)c2cc(-c3ccccc3Oc3ccccc3)n[nH]2)C1. The van der Waals surface area contributed by atoms with Crippen LogP contribution in [0.2, 0.25) is 0 Å². The van der Waals surface area contributed by atoms with Crippen LogP contribution in [0.5, 0.6) is 11.5 Å². The fraction of sp³-hybridized carbons (Fsp3) is 0.227. The Morgan fingerprint density at radius 1 is 1.24 bits per heavy atom. The van der Waals surface area contributed by atoms with Crippen LogP contribution >= 0.6 is 0 Å². The number of fused-ring (bicyclic) bond motifs is 1. The zero-order valence-electron chi connectivity index (χ0n) is 15.6. The number of nitriles is 1. The van der Waals surface area contributed by atoms with Gasteiger partial charge in [0.1, 0.15) is 17.2 Å². The average molecular weight is 385 g/mol. The molecule has 7 nitrogen and oxygen atoms in total. The second-order valence-electron chi connectivity index (χ2n) is 7.57. The lowest BCUT2D eigenvalue weighted by molar-refractivity contribution is 0.0924. The van der Waals surface area contributed by atoms with Crippen LogP contribution in [0, 0.1) is 17.4 Å². The number of nitrogens with zero attached hydrogens (tertiary/aromatic N) is 3. The van der Waals surface area contributed by atoms with Gasteiger partial charge in [0.2, 0.25) is 0 Å². The van der Waals surface area contributed by atoms with E-state index in [1.165, 1.54) is 0 Å². The quantitative estimate of drug-likeness (QED) is 0.658. The number of hydrogen-bond acceptors (Lipinski definition) is 5. The molecule has 3 aromatic rings. The number of benzene rings is 2. The van der Waals surface area contributed by atoms with Crippen molar-refractivity contribution >= 4 is 5.91 Å². The maximum atomic E-state index is 12.7. The molecule has 1 saturated heterocycles. The fourth-order valence-electron chi connectivity index (χ4n) is 4.01. The molecule has 5 rings (SSSR count). The number of likely N-dealkylation sites (tertiary alicyclic amines) is 1. The average Bonchev–Trinajstić information content (AvgIpc) is 3.10. The Morgan fingerprint density at radius 3 is 2.83 bits per heavy atom. The maximum Gasteiger partial charge on any atom is 0.269 e. The van der Waals surface area contributed by atoms with E-state index in [0.717, 1.165) is 24.3 Å². The third kappa shape index (κ3) is 3.19. The largest absolute Gasteiger partial charge is 0.457 e. The predicted molar refractivity (Wildman–Crippen MR) is 106 cm³/mol. The number of rotatable bonds is 5. The van der Waals surface area contributed by atoms with Gasteiger partial charge in [-0.1, -0.05) is 30.3 Å². The van der Waals surface area contributed by atoms with Gasteiger partial charge < -0.3 is 15.0 Å². The zero-order valence-corrected chi connectivity index (χ0v) is 15.6. The summed E-state index contributed by atoms with van der Waals surface area (Å²) in [7, 11) is 0.